The van der Waals surface area contributed by atoms with Crippen molar-refractivity contribution in [3.63, 3.8) is 0 Å². The zero-order chi connectivity index (χ0) is 19.3. The first-order chi connectivity index (χ1) is 12.8. The second-order valence-electron chi connectivity index (χ2n) is 6.30. The van der Waals surface area contributed by atoms with Gasteiger partial charge in [0.25, 0.3) is 5.91 Å². The van der Waals surface area contributed by atoms with E-state index in [4.69, 9.17) is 16.3 Å². The normalized spacial score (nSPS) is 15.5. The monoisotopic (exact) mass is 390 g/mol. The quantitative estimate of drug-likeness (QED) is 0.720. The van der Waals surface area contributed by atoms with Gasteiger partial charge in [-0.15, -0.1) is 0 Å². The van der Waals surface area contributed by atoms with Crippen molar-refractivity contribution in [2.24, 2.45) is 0 Å². The van der Waals surface area contributed by atoms with Gasteiger partial charge in [-0.1, -0.05) is 11.6 Å². The molecule has 1 aliphatic heterocycles. The Kier molecular flexibility index (Phi) is 4.11. The van der Waals surface area contributed by atoms with Crippen LogP contribution in [0.25, 0.3) is 10.9 Å². The van der Waals surface area contributed by atoms with Crippen molar-refractivity contribution in [1.29, 1.82) is 0 Å². The molecule has 138 valence electrons. The lowest BCUT2D eigenvalue weighted by molar-refractivity contribution is 0.102. The number of hydrogen-bond acceptors (Lipinski definition) is 3. The Morgan fingerprint density at radius 1 is 1.30 bits per heavy atom. The summed E-state index contributed by atoms with van der Waals surface area (Å²) in [5, 5.41) is 2.57. The van der Waals surface area contributed by atoms with Gasteiger partial charge < -0.3 is 14.6 Å². The number of anilines is 1. The Bertz CT molecular complexity index is 1160. The van der Waals surface area contributed by atoms with Crippen LogP contribution >= 0.6 is 11.6 Å². The van der Waals surface area contributed by atoms with Crippen molar-refractivity contribution in [3.05, 3.63) is 69.0 Å². The molecule has 1 amide bonds. The standard InChI is InChI=1S/C19H13ClF2N2O3/c1-9-7-24-8-11(19(26)23-14-6-10(21)2-4-13(14)22)18(25)16-12(20)3-5-15(27-9)17(16)24/h2-6,8-9H,7H2,1H3,(H,23,26). The lowest BCUT2D eigenvalue weighted by Gasteiger charge is -2.26. The molecule has 1 aliphatic rings. The number of nitrogens with zero attached hydrogens (tertiary/aromatic N) is 1. The molecule has 1 aromatic heterocycles. The van der Waals surface area contributed by atoms with Gasteiger partial charge in [0.2, 0.25) is 5.43 Å². The van der Waals surface area contributed by atoms with Crippen molar-refractivity contribution in [2.75, 3.05) is 5.32 Å². The summed E-state index contributed by atoms with van der Waals surface area (Å²) in [7, 11) is 0. The van der Waals surface area contributed by atoms with Crippen molar-refractivity contribution in [2.45, 2.75) is 19.6 Å². The Morgan fingerprint density at radius 3 is 2.85 bits per heavy atom. The number of nitrogens with one attached hydrogen (secondary N) is 1. The van der Waals surface area contributed by atoms with E-state index < -0.39 is 23.0 Å². The summed E-state index contributed by atoms with van der Waals surface area (Å²) in [6.07, 6.45) is 1.21. The Labute approximate surface area is 157 Å². The molecule has 8 heteroatoms. The smallest absolute Gasteiger partial charge is 0.261 e. The highest BCUT2D eigenvalue weighted by Crippen LogP contribution is 2.33. The molecule has 0 aliphatic carbocycles. The van der Waals surface area contributed by atoms with Gasteiger partial charge in [-0.3, -0.25) is 9.59 Å². The van der Waals surface area contributed by atoms with Gasteiger partial charge in [0, 0.05) is 12.3 Å². The average molecular weight is 391 g/mol. The predicted octanol–water partition coefficient (Wildman–Crippen LogP) is 3.97. The Morgan fingerprint density at radius 2 is 2.07 bits per heavy atom. The molecule has 1 N–H and O–H groups in total. The van der Waals surface area contributed by atoms with Gasteiger partial charge in [0.1, 0.15) is 29.1 Å². The Balaban J connectivity index is 1.87. The van der Waals surface area contributed by atoms with Gasteiger partial charge in [-0.25, -0.2) is 8.78 Å². The number of aromatic nitrogens is 1. The summed E-state index contributed by atoms with van der Waals surface area (Å²) in [5.74, 6) is -1.88. The maximum Gasteiger partial charge on any atom is 0.261 e. The number of carbonyl (C=O) groups is 1. The van der Waals surface area contributed by atoms with Gasteiger partial charge in [-0.05, 0) is 31.2 Å². The molecule has 2 aromatic carbocycles. The van der Waals surface area contributed by atoms with E-state index in [0.29, 0.717) is 17.8 Å². The topological polar surface area (TPSA) is 60.3 Å². The molecule has 0 spiro atoms. The number of hydrogen-bond donors (Lipinski definition) is 1. The molecule has 1 unspecified atom stereocenters. The average Bonchev–Trinajstić information content (AvgIpc) is 2.62. The van der Waals surface area contributed by atoms with Gasteiger partial charge in [-0.2, -0.15) is 0 Å². The fourth-order valence-corrected chi connectivity index (χ4v) is 3.42. The molecular formula is C19H13ClF2N2O3. The highest BCUT2D eigenvalue weighted by Gasteiger charge is 2.25. The van der Waals surface area contributed by atoms with Crippen LogP contribution in [0.2, 0.25) is 5.02 Å². The van der Waals surface area contributed by atoms with Crippen molar-refractivity contribution < 1.29 is 18.3 Å². The van der Waals surface area contributed by atoms with Gasteiger partial charge >= 0.3 is 0 Å². The van der Waals surface area contributed by atoms with Gasteiger partial charge in [0.15, 0.2) is 0 Å². The largest absolute Gasteiger partial charge is 0.487 e. The van der Waals surface area contributed by atoms with Crippen molar-refractivity contribution >= 4 is 34.1 Å². The summed E-state index contributed by atoms with van der Waals surface area (Å²) in [6.45, 7) is 2.25. The third kappa shape index (κ3) is 2.94. The summed E-state index contributed by atoms with van der Waals surface area (Å²) in [5.41, 5.74) is -0.686. The summed E-state index contributed by atoms with van der Waals surface area (Å²) in [6, 6.07) is 5.86. The molecule has 0 radical (unpaired) electrons. The third-order valence-corrected chi connectivity index (χ3v) is 4.65. The predicted molar refractivity (Wildman–Crippen MR) is 97.6 cm³/mol. The van der Waals surface area contributed by atoms with Crippen LogP contribution in [-0.2, 0) is 6.54 Å². The fourth-order valence-electron chi connectivity index (χ4n) is 3.18. The highest BCUT2D eigenvalue weighted by molar-refractivity contribution is 6.35. The second-order valence-corrected chi connectivity index (χ2v) is 6.71. The number of halogens is 3. The van der Waals surface area contributed by atoms with E-state index in [0.717, 1.165) is 18.2 Å². The maximum atomic E-state index is 13.8. The lowest BCUT2D eigenvalue weighted by atomic mass is 10.1. The number of carbonyl (C=O) groups excluding carboxylic acids is 1. The lowest BCUT2D eigenvalue weighted by Crippen LogP contribution is -2.30. The van der Waals surface area contributed by atoms with Crippen LogP contribution in [-0.4, -0.2) is 16.6 Å². The van der Waals surface area contributed by atoms with E-state index in [1.54, 1.807) is 10.6 Å². The minimum atomic E-state index is -0.851. The zero-order valence-corrected chi connectivity index (χ0v) is 14.8. The third-order valence-electron chi connectivity index (χ3n) is 4.34. The van der Waals surface area contributed by atoms with Gasteiger partial charge in [0.05, 0.1) is 28.2 Å². The minimum absolute atomic E-state index is 0.147. The fraction of sp³-hybridized carbons (Fsp3) is 0.158. The number of benzene rings is 2. The first kappa shape index (κ1) is 17.5. The van der Waals surface area contributed by atoms with Crippen molar-refractivity contribution in [1.82, 2.24) is 4.57 Å². The van der Waals surface area contributed by atoms with E-state index in [-0.39, 0.29) is 27.8 Å². The van der Waals surface area contributed by atoms with Crippen LogP contribution in [0.5, 0.6) is 5.75 Å². The molecule has 5 nitrogen and oxygen atoms in total. The summed E-state index contributed by atoms with van der Waals surface area (Å²) < 4.78 is 34.6. The van der Waals surface area contributed by atoms with Crippen LogP contribution < -0.4 is 15.5 Å². The SMILES string of the molecule is CC1Cn2cc(C(=O)Nc3cc(F)ccc3F)c(=O)c3c(Cl)ccc(c32)O1. The number of pyridine rings is 1. The van der Waals surface area contributed by atoms with Crippen LogP contribution in [0.15, 0.2) is 41.3 Å². The zero-order valence-electron chi connectivity index (χ0n) is 14.1. The van der Waals surface area contributed by atoms with E-state index >= 15 is 0 Å². The van der Waals surface area contributed by atoms with Crippen molar-refractivity contribution in [3.8, 4) is 5.75 Å². The molecule has 27 heavy (non-hydrogen) atoms. The number of ether oxygens (including phenoxy) is 1. The molecule has 0 bridgehead atoms. The molecule has 1 atom stereocenters. The van der Waals surface area contributed by atoms with E-state index in [1.165, 1.54) is 12.3 Å². The maximum absolute atomic E-state index is 13.8. The van der Waals surface area contributed by atoms with Crippen LogP contribution in [0, 0.1) is 11.6 Å². The van der Waals surface area contributed by atoms with E-state index in [9.17, 15) is 18.4 Å². The molecule has 2 heterocycles. The van der Waals surface area contributed by atoms with Crippen LogP contribution in [0.1, 0.15) is 17.3 Å². The molecule has 3 aromatic rings. The first-order valence-electron chi connectivity index (χ1n) is 8.14. The summed E-state index contributed by atoms with van der Waals surface area (Å²) >= 11 is 6.20. The molecule has 0 fully saturated rings. The van der Waals surface area contributed by atoms with Crippen LogP contribution in [0.3, 0.4) is 0 Å². The highest BCUT2D eigenvalue weighted by atomic mass is 35.5. The molecular weight excluding hydrogens is 378 g/mol. The minimum Gasteiger partial charge on any atom is -0.487 e. The summed E-state index contributed by atoms with van der Waals surface area (Å²) in [4.78, 5) is 25.5. The molecule has 0 saturated heterocycles. The van der Waals surface area contributed by atoms with E-state index in [2.05, 4.69) is 5.32 Å². The van der Waals surface area contributed by atoms with E-state index in [1.807, 2.05) is 6.92 Å². The number of amides is 1. The first-order valence-corrected chi connectivity index (χ1v) is 8.51. The second kappa shape index (κ2) is 6.35. The Hall–Kier alpha value is -2.93. The molecule has 4 rings (SSSR count). The number of rotatable bonds is 2. The van der Waals surface area contributed by atoms with Crippen LogP contribution in [0.4, 0.5) is 14.5 Å². The molecule has 0 saturated carbocycles.